The number of hydrogen-bond donors (Lipinski definition) is 2. The summed E-state index contributed by atoms with van der Waals surface area (Å²) in [6.45, 7) is 11.6. The first-order valence-electron chi connectivity index (χ1n) is 15.3. The lowest BCUT2D eigenvalue weighted by Crippen LogP contribution is -2.75. The minimum Gasteiger partial charge on any atom is -0.488 e. The number of hydrogen-bond acceptors (Lipinski definition) is 7. The minimum absolute atomic E-state index is 0.0695. The van der Waals surface area contributed by atoms with Gasteiger partial charge in [-0.1, -0.05) is 30.3 Å². The van der Waals surface area contributed by atoms with Crippen LogP contribution < -0.4 is 10.1 Å². The van der Waals surface area contributed by atoms with Crippen molar-refractivity contribution in [1.29, 1.82) is 0 Å². The first-order valence-corrected chi connectivity index (χ1v) is 15.3. The van der Waals surface area contributed by atoms with Crippen LogP contribution in [0.25, 0.3) is 0 Å². The molecule has 2 atom stereocenters. The third-order valence-electron chi connectivity index (χ3n) is 9.26. The van der Waals surface area contributed by atoms with E-state index in [9.17, 15) is 19.5 Å². The number of carbonyl (C=O) groups is 3. The molecule has 2 amide bonds. The maximum Gasteiger partial charge on any atom is 0.238 e. The molecule has 2 N–H and O–H groups in total. The third-order valence-corrected chi connectivity index (χ3v) is 9.26. The van der Waals surface area contributed by atoms with Gasteiger partial charge in [0, 0.05) is 49.9 Å². The van der Waals surface area contributed by atoms with Gasteiger partial charge in [-0.15, -0.1) is 0 Å². The monoisotopic (exact) mass is 619 g/mol. The number of halogens is 1. The molecule has 0 saturated carbocycles. The molecular formula is C31H46B4FN3O6. The second-order valence-electron chi connectivity index (χ2n) is 14.3. The average molecular weight is 619 g/mol. The van der Waals surface area contributed by atoms with E-state index in [4.69, 9.17) is 9.47 Å². The van der Waals surface area contributed by atoms with Crippen LogP contribution in [0.5, 0.6) is 5.75 Å². The molecule has 0 aromatic heterocycles. The zero-order chi connectivity index (χ0) is 34.0. The van der Waals surface area contributed by atoms with E-state index in [1.165, 1.54) is 43.3 Å². The highest BCUT2D eigenvalue weighted by Gasteiger charge is 2.59. The number of aryl methyl sites for hydroxylation is 1. The molecule has 9 nitrogen and oxygen atoms in total. The number of carbonyl (C=O) groups excluding carboxylic acids is 3. The molecule has 3 rings (SSSR count). The van der Waals surface area contributed by atoms with E-state index in [2.05, 4.69) is 10.2 Å². The van der Waals surface area contributed by atoms with Crippen molar-refractivity contribution < 1.29 is 33.4 Å². The van der Waals surface area contributed by atoms with E-state index in [1.807, 2.05) is 46.8 Å². The lowest BCUT2D eigenvalue weighted by atomic mass is 9.34. The first kappa shape index (κ1) is 36.4. The SMILES string of the molecule is BC(B)(C=O)C(B)(O)C(B)(C(=O)NC)N(C=O)Cc1c(C)cccc1OCc1cccc(CN2CC(C)(C)OC(C)(C)C2)c1F. The van der Waals surface area contributed by atoms with Gasteiger partial charge in [0.1, 0.15) is 61.3 Å². The summed E-state index contributed by atoms with van der Waals surface area (Å²) in [5.74, 6) is -0.587. The van der Waals surface area contributed by atoms with Crippen LogP contribution in [0.2, 0.25) is 5.21 Å². The first-order chi connectivity index (χ1) is 20.7. The van der Waals surface area contributed by atoms with Crippen molar-refractivity contribution >= 4 is 50.0 Å². The maximum absolute atomic E-state index is 15.8. The molecular weight excluding hydrogens is 573 g/mol. The number of amides is 2. The third kappa shape index (κ3) is 7.50. The fourth-order valence-electron chi connectivity index (χ4n) is 6.42. The fourth-order valence-corrected chi connectivity index (χ4v) is 6.42. The van der Waals surface area contributed by atoms with Crippen molar-refractivity contribution in [1.82, 2.24) is 15.1 Å². The van der Waals surface area contributed by atoms with E-state index >= 15 is 4.39 Å². The molecule has 2 aromatic carbocycles. The van der Waals surface area contributed by atoms with Gasteiger partial charge in [-0.3, -0.25) is 14.5 Å². The summed E-state index contributed by atoms with van der Waals surface area (Å²) in [6, 6.07) is 10.6. The summed E-state index contributed by atoms with van der Waals surface area (Å²) in [7, 11) is 7.23. The second kappa shape index (κ2) is 13.3. The van der Waals surface area contributed by atoms with Crippen molar-refractivity contribution in [3.63, 3.8) is 0 Å². The highest BCUT2D eigenvalue weighted by atomic mass is 19.1. The summed E-state index contributed by atoms with van der Waals surface area (Å²) in [5, 5.41) is 12.8. The van der Waals surface area contributed by atoms with Crippen molar-refractivity contribution in [3.8, 4) is 5.75 Å². The van der Waals surface area contributed by atoms with E-state index < -0.39 is 22.1 Å². The number of aldehydes is 1. The van der Waals surface area contributed by atoms with Crippen molar-refractivity contribution in [2.24, 2.45) is 0 Å². The van der Waals surface area contributed by atoms with Crippen LogP contribution in [0.15, 0.2) is 36.4 Å². The van der Waals surface area contributed by atoms with Gasteiger partial charge in [0.15, 0.2) is 0 Å². The van der Waals surface area contributed by atoms with Gasteiger partial charge in [-0.25, -0.2) is 4.39 Å². The molecule has 0 spiro atoms. The van der Waals surface area contributed by atoms with E-state index in [0.29, 0.717) is 54.8 Å². The smallest absolute Gasteiger partial charge is 0.238 e. The highest BCUT2D eigenvalue weighted by molar-refractivity contribution is 6.54. The standard InChI is InChI=1S/C31H46B4FN3O6/c1-20-9-7-12-24(23(20)14-39(19-41)30(34,26(42)37-6)31(35,43)29(32,33)18-40)44-15-22-11-8-10-21(25(22)36)13-38-16-27(2,3)45-28(4,5)17-38/h7-12,18-19,43H,13-17,32-35H2,1-6H3,(H,37,42). The van der Waals surface area contributed by atoms with E-state index in [-0.39, 0.29) is 30.2 Å². The van der Waals surface area contributed by atoms with E-state index in [0.717, 1.165) is 5.56 Å². The van der Waals surface area contributed by atoms with Gasteiger partial charge >= 0.3 is 0 Å². The zero-order valence-electron chi connectivity index (χ0n) is 28.4. The molecule has 2 aromatic rings. The Hall–Kier alpha value is -3.08. The summed E-state index contributed by atoms with van der Waals surface area (Å²) in [6.07, 6.45) is 1.06. The number of rotatable bonds is 13. The van der Waals surface area contributed by atoms with Gasteiger partial charge in [0.05, 0.1) is 16.7 Å². The highest BCUT2D eigenvalue weighted by Crippen LogP contribution is 2.40. The van der Waals surface area contributed by atoms with Gasteiger partial charge in [0.2, 0.25) is 12.3 Å². The Kier molecular flexibility index (Phi) is 10.8. The van der Waals surface area contributed by atoms with Crippen molar-refractivity contribution in [3.05, 3.63) is 64.5 Å². The topological polar surface area (TPSA) is 108 Å². The number of ether oxygens (including phenoxy) is 2. The molecule has 1 heterocycles. The maximum atomic E-state index is 15.8. The fraction of sp³-hybridized carbons (Fsp3) is 0.516. The molecule has 1 aliphatic rings. The predicted molar refractivity (Wildman–Crippen MR) is 183 cm³/mol. The molecule has 0 aliphatic carbocycles. The number of nitrogens with one attached hydrogen (secondary N) is 1. The van der Waals surface area contributed by atoms with Gasteiger partial charge in [0.25, 0.3) is 0 Å². The quantitative estimate of drug-likeness (QED) is 0.220. The lowest BCUT2D eigenvalue weighted by Gasteiger charge is -2.53. The molecule has 0 bridgehead atoms. The van der Waals surface area contributed by atoms with Crippen LogP contribution in [0, 0.1) is 12.7 Å². The Bertz CT molecular complexity index is 1410. The van der Waals surface area contributed by atoms with Crippen molar-refractivity contribution in [2.75, 3.05) is 20.1 Å². The van der Waals surface area contributed by atoms with Crippen molar-refractivity contribution in [2.45, 2.75) is 81.7 Å². The Morgan fingerprint density at radius 3 is 2.22 bits per heavy atom. The average Bonchev–Trinajstić information content (AvgIpc) is 2.94. The Morgan fingerprint density at radius 1 is 1.09 bits per heavy atom. The summed E-state index contributed by atoms with van der Waals surface area (Å²) in [4.78, 5) is 41.3. The number of benzene rings is 2. The van der Waals surface area contributed by atoms with E-state index in [1.54, 1.807) is 24.3 Å². The van der Waals surface area contributed by atoms with Gasteiger partial charge in [-0.05, 0) is 51.5 Å². The number of morpholine rings is 1. The normalized spacial score (nSPS) is 19.0. The van der Waals surface area contributed by atoms with Gasteiger partial charge in [-0.2, -0.15) is 0 Å². The minimum atomic E-state index is -1.97. The molecule has 1 aliphatic heterocycles. The molecule has 1 fully saturated rings. The zero-order valence-corrected chi connectivity index (χ0v) is 28.4. The predicted octanol–water partition coefficient (Wildman–Crippen LogP) is -0.961. The van der Waals surface area contributed by atoms with Crippen LogP contribution >= 0.6 is 0 Å². The molecule has 0 radical (unpaired) electrons. The van der Waals surface area contributed by atoms with Crippen LogP contribution in [0.3, 0.4) is 0 Å². The van der Waals surface area contributed by atoms with Crippen LogP contribution in [-0.2, 0) is 38.8 Å². The van der Waals surface area contributed by atoms with Gasteiger partial charge < -0.3 is 29.6 Å². The molecule has 240 valence electrons. The summed E-state index contributed by atoms with van der Waals surface area (Å²) >= 11 is 0. The molecule has 14 heteroatoms. The summed E-state index contributed by atoms with van der Waals surface area (Å²) in [5.41, 5.74) is -2.27. The Labute approximate surface area is 270 Å². The number of aliphatic hydroxyl groups is 1. The largest absolute Gasteiger partial charge is 0.488 e. The summed E-state index contributed by atoms with van der Waals surface area (Å²) < 4.78 is 28.2. The Morgan fingerprint density at radius 2 is 1.67 bits per heavy atom. The lowest BCUT2D eigenvalue weighted by molar-refractivity contribution is -0.182. The number of nitrogens with zero attached hydrogens (tertiary/aromatic N) is 2. The Balaban J connectivity index is 1.91. The van der Waals surface area contributed by atoms with Crippen LogP contribution in [0.4, 0.5) is 4.39 Å². The molecule has 2 unspecified atom stereocenters. The van der Waals surface area contributed by atoms with Crippen LogP contribution in [0.1, 0.15) is 49.9 Å². The second-order valence-corrected chi connectivity index (χ2v) is 14.3. The molecule has 1 saturated heterocycles. The molecule has 45 heavy (non-hydrogen) atoms. The number of likely N-dealkylation sites (N-methyl/N-ethyl adjacent to an activating group) is 1. The van der Waals surface area contributed by atoms with Crippen LogP contribution in [-0.4, -0.2) is 107 Å².